The van der Waals surface area contributed by atoms with E-state index < -0.39 is 0 Å². The van der Waals surface area contributed by atoms with Gasteiger partial charge in [0.1, 0.15) is 11.5 Å². The standard InChI is InChI=1S/C8H8N4S/c1-5-7(10-4-3-9-5)8-11-6(2)12-13-8/h3-4H,1-2H3. The van der Waals surface area contributed by atoms with Crippen LogP contribution in [0.1, 0.15) is 11.5 Å². The van der Waals surface area contributed by atoms with E-state index in [1.54, 1.807) is 12.4 Å². The van der Waals surface area contributed by atoms with Crippen LogP contribution in [0.2, 0.25) is 0 Å². The topological polar surface area (TPSA) is 51.6 Å². The van der Waals surface area contributed by atoms with Crippen LogP contribution in [-0.4, -0.2) is 19.3 Å². The number of aryl methyl sites for hydroxylation is 2. The molecule has 2 heterocycles. The Bertz CT molecular complexity index is 424. The van der Waals surface area contributed by atoms with Crippen molar-refractivity contribution < 1.29 is 0 Å². The fourth-order valence-corrected chi connectivity index (χ4v) is 1.73. The zero-order chi connectivity index (χ0) is 9.26. The minimum atomic E-state index is 0.782. The molecule has 0 aliphatic heterocycles. The Morgan fingerprint density at radius 3 is 2.54 bits per heavy atom. The Balaban J connectivity index is 2.52. The van der Waals surface area contributed by atoms with E-state index in [-0.39, 0.29) is 0 Å². The highest BCUT2D eigenvalue weighted by Crippen LogP contribution is 2.20. The lowest BCUT2D eigenvalue weighted by Crippen LogP contribution is -1.89. The van der Waals surface area contributed by atoms with Crippen LogP contribution in [0.3, 0.4) is 0 Å². The molecule has 0 fully saturated rings. The number of nitrogens with zero attached hydrogens (tertiary/aromatic N) is 4. The fourth-order valence-electron chi connectivity index (χ4n) is 1.01. The molecule has 2 aromatic heterocycles. The van der Waals surface area contributed by atoms with Crippen molar-refractivity contribution in [2.45, 2.75) is 13.8 Å². The summed E-state index contributed by atoms with van der Waals surface area (Å²) in [5.41, 5.74) is 1.71. The molecule has 0 atom stereocenters. The second kappa shape index (κ2) is 3.18. The summed E-state index contributed by atoms with van der Waals surface area (Å²) in [6.45, 7) is 3.78. The molecule has 0 saturated heterocycles. The zero-order valence-corrected chi connectivity index (χ0v) is 8.17. The predicted octanol–water partition coefficient (Wildman–Crippen LogP) is 1.61. The summed E-state index contributed by atoms with van der Waals surface area (Å²) < 4.78 is 4.10. The zero-order valence-electron chi connectivity index (χ0n) is 7.35. The average molecular weight is 192 g/mol. The highest BCUT2D eigenvalue weighted by atomic mass is 32.1. The van der Waals surface area contributed by atoms with Gasteiger partial charge in [0.25, 0.3) is 0 Å². The highest BCUT2D eigenvalue weighted by Gasteiger charge is 2.07. The lowest BCUT2D eigenvalue weighted by atomic mass is 10.3. The first kappa shape index (κ1) is 8.25. The van der Waals surface area contributed by atoms with Gasteiger partial charge >= 0.3 is 0 Å². The first-order valence-corrected chi connectivity index (χ1v) is 4.63. The minimum Gasteiger partial charge on any atom is -0.258 e. The summed E-state index contributed by atoms with van der Waals surface area (Å²) in [6.07, 6.45) is 3.34. The van der Waals surface area contributed by atoms with E-state index in [9.17, 15) is 0 Å². The van der Waals surface area contributed by atoms with Crippen LogP contribution in [0, 0.1) is 13.8 Å². The smallest absolute Gasteiger partial charge is 0.164 e. The van der Waals surface area contributed by atoms with Crippen molar-refractivity contribution in [3.63, 3.8) is 0 Å². The number of aromatic nitrogens is 4. The van der Waals surface area contributed by atoms with E-state index >= 15 is 0 Å². The van der Waals surface area contributed by atoms with Crippen LogP contribution in [0.25, 0.3) is 10.7 Å². The van der Waals surface area contributed by atoms with Gasteiger partial charge in [-0.15, -0.1) is 0 Å². The van der Waals surface area contributed by atoms with Crippen molar-refractivity contribution in [2.75, 3.05) is 0 Å². The Morgan fingerprint density at radius 1 is 1.15 bits per heavy atom. The lowest BCUT2D eigenvalue weighted by Gasteiger charge is -1.96. The molecule has 0 amide bonds. The Morgan fingerprint density at radius 2 is 1.92 bits per heavy atom. The second-order valence-corrected chi connectivity index (χ2v) is 3.39. The third kappa shape index (κ3) is 1.55. The molecule has 0 unspecified atom stereocenters. The van der Waals surface area contributed by atoms with Gasteiger partial charge in [-0.2, -0.15) is 4.37 Å². The van der Waals surface area contributed by atoms with Gasteiger partial charge < -0.3 is 0 Å². The first-order chi connectivity index (χ1) is 6.27. The summed E-state index contributed by atoms with van der Waals surface area (Å²) in [7, 11) is 0. The van der Waals surface area contributed by atoms with Crippen molar-refractivity contribution in [3.05, 3.63) is 23.9 Å². The fraction of sp³-hybridized carbons (Fsp3) is 0.250. The quantitative estimate of drug-likeness (QED) is 0.688. The molecule has 13 heavy (non-hydrogen) atoms. The van der Waals surface area contributed by atoms with Crippen LogP contribution in [0.4, 0.5) is 0 Å². The summed E-state index contributed by atoms with van der Waals surface area (Å²) in [6, 6.07) is 0. The van der Waals surface area contributed by atoms with Crippen LogP contribution < -0.4 is 0 Å². The maximum Gasteiger partial charge on any atom is 0.164 e. The third-order valence-electron chi connectivity index (χ3n) is 1.61. The maximum atomic E-state index is 4.25. The molecule has 0 aliphatic rings. The molecular weight excluding hydrogens is 184 g/mol. The van der Waals surface area contributed by atoms with Crippen LogP contribution >= 0.6 is 11.5 Å². The van der Waals surface area contributed by atoms with Crippen molar-refractivity contribution in [1.82, 2.24) is 19.3 Å². The van der Waals surface area contributed by atoms with Gasteiger partial charge in [0.2, 0.25) is 0 Å². The molecule has 66 valence electrons. The van der Waals surface area contributed by atoms with Crippen LogP contribution in [-0.2, 0) is 0 Å². The lowest BCUT2D eigenvalue weighted by molar-refractivity contribution is 1.10. The SMILES string of the molecule is Cc1nsc(-c2nccnc2C)n1. The number of hydrogen-bond donors (Lipinski definition) is 0. The van der Waals surface area contributed by atoms with Crippen molar-refractivity contribution in [3.8, 4) is 10.7 Å². The Kier molecular flexibility index (Phi) is 2.02. The average Bonchev–Trinajstić information content (AvgIpc) is 2.53. The highest BCUT2D eigenvalue weighted by molar-refractivity contribution is 7.09. The molecule has 2 rings (SSSR count). The van der Waals surface area contributed by atoms with Gasteiger partial charge in [-0.25, -0.2) is 4.98 Å². The summed E-state index contributed by atoms with van der Waals surface area (Å²) in [5.74, 6) is 0.782. The normalized spacial score (nSPS) is 10.3. The van der Waals surface area contributed by atoms with Crippen LogP contribution in [0.5, 0.6) is 0 Å². The Labute approximate surface area is 79.9 Å². The molecule has 0 saturated carbocycles. The van der Waals surface area contributed by atoms with E-state index in [1.165, 1.54) is 11.5 Å². The monoisotopic (exact) mass is 192 g/mol. The summed E-state index contributed by atoms with van der Waals surface area (Å²) in [4.78, 5) is 12.6. The molecule has 0 bridgehead atoms. The maximum absolute atomic E-state index is 4.25. The largest absolute Gasteiger partial charge is 0.258 e. The van der Waals surface area contributed by atoms with E-state index in [1.807, 2.05) is 13.8 Å². The predicted molar refractivity (Wildman–Crippen MR) is 50.4 cm³/mol. The molecule has 0 aliphatic carbocycles. The van der Waals surface area contributed by atoms with E-state index in [2.05, 4.69) is 19.3 Å². The first-order valence-electron chi connectivity index (χ1n) is 3.85. The van der Waals surface area contributed by atoms with E-state index in [4.69, 9.17) is 0 Å². The van der Waals surface area contributed by atoms with Gasteiger partial charge in [-0.05, 0) is 25.4 Å². The second-order valence-electron chi connectivity index (χ2n) is 2.64. The number of rotatable bonds is 1. The number of hydrogen-bond acceptors (Lipinski definition) is 5. The van der Waals surface area contributed by atoms with E-state index in [0.717, 1.165) is 22.2 Å². The summed E-state index contributed by atoms with van der Waals surface area (Å²) in [5, 5.41) is 0.836. The van der Waals surface area contributed by atoms with Crippen molar-refractivity contribution >= 4 is 11.5 Å². The molecule has 4 nitrogen and oxygen atoms in total. The molecule has 2 aromatic rings. The van der Waals surface area contributed by atoms with Crippen LogP contribution in [0.15, 0.2) is 12.4 Å². The Hall–Kier alpha value is -1.36. The van der Waals surface area contributed by atoms with Gasteiger partial charge in [0.15, 0.2) is 5.01 Å². The molecule has 0 radical (unpaired) electrons. The molecule has 5 heteroatoms. The van der Waals surface area contributed by atoms with Gasteiger partial charge in [-0.3, -0.25) is 9.97 Å². The van der Waals surface area contributed by atoms with Gasteiger partial charge in [0, 0.05) is 12.4 Å². The third-order valence-corrected chi connectivity index (χ3v) is 2.42. The van der Waals surface area contributed by atoms with Crippen molar-refractivity contribution in [1.29, 1.82) is 0 Å². The molecule has 0 N–H and O–H groups in total. The molecule has 0 spiro atoms. The summed E-state index contributed by atoms with van der Waals surface area (Å²) >= 11 is 1.35. The van der Waals surface area contributed by atoms with Crippen molar-refractivity contribution in [2.24, 2.45) is 0 Å². The molecular formula is C8H8N4S. The van der Waals surface area contributed by atoms with Gasteiger partial charge in [-0.1, -0.05) is 0 Å². The van der Waals surface area contributed by atoms with E-state index in [0.29, 0.717) is 0 Å². The molecule has 0 aromatic carbocycles. The minimum absolute atomic E-state index is 0.782. The van der Waals surface area contributed by atoms with Gasteiger partial charge in [0.05, 0.1) is 5.69 Å².